The minimum Gasteiger partial charge on any atom is -0.332 e. The summed E-state index contributed by atoms with van der Waals surface area (Å²) in [5, 5.41) is 0. The SMILES string of the molecule is Cn1ccnc1C(=O)CC12CC3CC(C)(CC(C)(C3)C1)C2. The Labute approximate surface area is 127 Å². The van der Waals surface area contributed by atoms with Crippen molar-refractivity contribution in [2.75, 3.05) is 0 Å². The topological polar surface area (TPSA) is 34.9 Å². The molecule has 0 aromatic carbocycles. The normalized spacial score (nSPS) is 44.2. The second-order valence-corrected chi connectivity index (χ2v) is 9.09. The maximum absolute atomic E-state index is 12.7. The van der Waals surface area contributed by atoms with Gasteiger partial charge in [-0.25, -0.2) is 4.98 Å². The van der Waals surface area contributed by atoms with Crippen LogP contribution in [0.2, 0.25) is 0 Å². The quantitative estimate of drug-likeness (QED) is 0.787. The molecule has 0 amide bonds. The van der Waals surface area contributed by atoms with Crippen LogP contribution in [0.3, 0.4) is 0 Å². The number of Topliss-reactive ketones (excluding diaryl/α,β-unsaturated/α-hetero) is 1. The molecule has 0 spiro atoms. The lowest BCUT2D eigenvalue weighted by Crippen LogP contribution is -2.55. The standard InChI is InChI=1S/C18H26N2O/c1-16-6-13-7-17(2,10-16)12-18(8-13,11-16)9-14(21)15-19-4-5-20(15)3/h4-5,13H,6-12H2,1-3H3. The fraction of sp³-hybridized carbons (Fsp3) is 0.778. The van der Waals surface area contributed by atoms with Gasteiger partial charge in [-0.1, -0.05) is 13.8 Å². The zero-order valence-corrected chi connectivity index (χ0v) is 13.5. The largest absolute Gasteiger partial charge is 0.332 e. The molecule has 0 aliphatic heterocycles. The lowest BCUT2D eigenvalue weighted by atomic mass is 9.39. The summed E-state index contributed by atoms with van der Waals surface area (Å²) in [5.74, 6) is 1.74. The van der Waals surface area contributed by atoms with Crippen molar-refractivity contribution >= 4 is 5.78 Å². The van der Waals surface area contributed by atoms with Gasteiger partial charge in [-0.15, -0.1) is 0 Å². The van der Waals surface area contributed by atoms with Gasteiger partial charge in [0.25, 0.3) is 0 Å². The Balaban J connectivity index is 1.63. The van der Waals surface area contributed by atoms with E-state index in [0.29, 0.717) is 23.1 Å². The molecule has 1 aromatic heterocycles. The Bertz CT molecular complexity index is 584. The Morgan fingerprint density at radius 1 is 1.24 bits per heavy atom. The summed E-state index contributed by atoms with van der Waals surface area (Å²) >= 11 is 0. The maximum atomic E-state index is 12.7. The van der Waals surface area contributed by atoms with E-state index in [1.807, 2.05) is 17.8 Å². The van der Waals surface area contributed by atoms with Crippen molar-refractivity contribution in [3.63, 3.8) is 0 Å². The molecule has 0 radical (unpaired) electrons. The van der Waals surface area contributed by atoms with Crippen LogP contribution in [-0.2, 0) is 7.05 Å². The first kappa shape index (κ1) is 13.5. The predicted molar refractivity (Wildman–Crippen MR) is 82.0 cm³/mol. The second kappa shape index (κ2) is 3.99. The third kappa shape index (κ3) is 2.08. The van der Waals surface area contributed by atoms with E-state index in [1.54, 1.807) is 6.20 Å². The van der Waals surface area contributed by atoms with Crippen molar-refractivity contribution in [1.82, 2.24) is 9.55 Å². The van der Waals surface area contributed by atoms with Gasteiger partial charge in [0.1, 0.15) is 0 Å². The van der Waals surface area contributed by atoms with Crippen molar-refractivity contribution in [2.45, 2.75) is 58.8 Å². The van der Waals surface area contributed by atoms with E-state index >= 15 is 0 Å². The lowest BCUT2D eigenvalue weighted by molar-refractivity contribution is -0.143. The molecule has 0 saturated heterocycles. The molecule has 0 N–H and O–H groups in total. The number of carbonyl (C=O) groups excluding carboxylic acids is 1. The van der Waals surface area contributed by atoms with E-state index in [9.17, 15) is 4.79 Å². The summed E-state index contributed by atoms with van der Waals surface area (Å²) in [7, 11) is 1.92. The van der Waals surface area contributed by atoms with Crippen LogP contribution >= 0.6 is 0 Å². The summed E-state index contributed by atoms with van der Waals surface area (Å²) in [6.45, 7) is 4.94. The number of hydrogen-bond donors (Lipinski definition) is 0. The number of aromatic nitrogens is 2. The highest BCUT2D eigenvalue weighted by Gasteiger charge is 2.60. The van der Waals surface area contributed by atoms with Gasteiger partial charge >= 0.3 is 0 Å². The summed E-state index contributed by atoms with van der Waals surface area (Å²) in [6.07, 6.45) is 12.2. The minimum atomic E-state index is 0.247. The van der Waals surface area contributed by atoms with Gasteiger partial charge in [0.15, 0.2) is 11.6 Å². The highest BCUT2D eigenvalue weighted by Crippen LogP contribution is 2.70. The van der Waals surface area contributed by atoms with Gasteiger partial charge in [0.2, 0.25) is 0 Å². The number of hydrogen-bond acceptors (Lipinski definition) is 2. The Morgan fingerprint density at radius 2 is 1.90 bits per heavy atom. The van der Waals surface area contributed by atoms with E-state index < -0.39 is 0 Å². The molecule has 3 nitrogen and oxygen atoms in total. The smallest absolute Gasteiger partial charge is 0.198 e. The second-order valence-electron chi connectivity index (χ2n) is 9.09. The number of ketones is 1. The van der Waals surface area contributed by atoms with Crippen LogP contribution in [0.15, 0.2) is 12.4 Å². The van der Waals surface area contributed by atoms with Crippen LogP contribution in [0.25, 0.3) is 0 Å². The highest BCUT2D eigenvalue weighted by molar-refractivity contribution is 5.93. The summed E-state index contributed by atoms with van der Waals surface area (Å²) in [4.78, 5) is 17.0. The van der Waals surface area contributed by atoms with E-state index in [-0.39, 0.29) is 11.2 Å². The van der Waals surface area contributed by atoms with E-state index in [2.05, 4.69) is 18.8 Å². The number of rotatable bonds is 3. The molecule has 21 heavy (non-hydrogen) atoms. The van der Waals surface area contributed by atoms with Crippen LogP contribution < -0.4 is 0 Å². The average Bonchev–Trinajstić information content (AvgIpc) is 2.69. The molecule has 4 aliphatic rings. The molecule has 2 atom stereocenters. The van der Waals surface area contributed by atoms with Crippen molar-refractivity contribution in [3.05, 3.63) is 18.2 Å². The number of nitrogens with zero attached hydrogens (tertiary/aromatic N) is 2. The molecule has 4 bridgehead atoms. The number of aryl methyl sites for hydroxylation is 1. The van der Waals surface area contributed by atoms with Gasteiger partial charge in [0, 0.05) is 25.9 Å². The molecular weight excluding hydrogens is 260 g/mol. The number of carbonyl (C=O) groups is 1. The van der Waals surface area contributed by atoms with Gasteiger partial charge in [-0.3, -0.25) is 4.79 Å². The molecule has 5 rings (SSSR count). The fourth-order valence-electron chi connectivity index (χ4n) is 6.94. The first-order chi connectivity index (χ1) is 9.81. The lowest BCUT2D eigenvalue weighted by Gasteiger charge is -2.65. The van der Waals surface area contributed by atoms with Gasteiger partial charge < -0.3 is 4.57 Å². The fourth-order valence-corrected chi connectivity index (χ4v) is 6.94. The highest BCUT2D eigenvalue weighted by atomic mass is 16.1. The van der Waals surface area contributed by atoms with Gasteiger partial charge in [-0.2, -0.15) is 0 Å². The van der Waals surface area contributed by atoms with Gasteiger partial charge in [0.05, 0.1) is 0 Å². The molecule has 4 saturated carbocycles. The monoisotopic (exact) mass is 286 g/mol. The Morgan fingerprint density at radius 3 is 2.43 bits per heavy atom. The number of imidazole rings is 1. The zero-order valence-electron chi connectivity index (χ0n) is 13.5. The molecule has 1 aromatic rings. The predicted octanol–water partition coefficient (Wildman–Crippen LogP) is 3.99. The van der Waals surface area contributed by atoms with E-state index in [4.69, 9.17) is 0 Å². The summed E-state index contributed by atoms with van der Waals surface area (Å²) < 4.78 is 1.87. The van der Waals surface area contributed by atoms with Crippen molar-refractivity contribution < 1.29 is 4.79 Å². The third-order valence-corrected chi connectivity index (χ3v) is 6.35. The molecule has 3 heteroatoms. The Kier molecular flexibility index (Phi) is 2.57. The van der Waals surface area contributed by atoms with Crippen molar-refractivity contribution in [2.24, 2.45) is 29.2 Å². The van der Waals surface area contributed by atoms with E-state index in [0.717, 1.165) is 5.92 Å². The van der Waals surface area contributed by atoms with Crippen molar-refractivity contribution in [3.8, 4) is 0 Å². The summed E-state index contributed by atoms with van der Waals surface area (Å²) in [5.41, 5.74) is 1.22. The molecular formula is C18H26N2O. The van der Waals surface area contributed by atoms with Crippen LogP contribution in [0.5, 0.6) is 0 Å². The third-order valence-electron chi connectivity index (χ3n) is 6.35. The average molecular weight is 286 g/mol. The maximum Gasteiger partial charge on any atom is 0.198 e. The first-order valence-corrected chi connectivity index (χ1v) is 8.31. The molecule has 114 valence electrons. The van der Waals surface area contributed by atoms with Gasteiger partial charge in [-0.05, 0) is 60.7 Å². The molecule has 4 aliphatic carbocycles. The minimum absolute atomic E-state index is 0.247. The van der Waals surface area contributed by atoms with Crippen LogP contribution in [-0.4, -0.2) is 15.3 Å². The van der Waals surface area contributed by atoms with Crippen LogP contribution in [0, 0.1) is 22.2 Å². The first-order valence-electron chi connectivity index (χ1n) is 8.31. The molecule has 4 fully saturated rings. The zero-order chi connectivity index (χ0) is 14.9. The molecule has 2 unspecified atom stereocenters. The summed E-state index contributed by atoms with van der Waals surface area (Å²) in [6, 6.07) is 0. The van der Waals surface area contributed by atoms with Crippen molar-refractivity contribution in [1.29, 1.82) is 0 Å². The molecule has 1 heterocycles. The van der Waals surface area contributed by atoms with E-state index in [1.165, 1.54) is 38.5 Å². The Hall–Kier alpha value is -1.12. The van der Waals surface area contributed by atoms with Crippen LogP contribution in [0.1, 0.15) is 69.4 Å². The van der Waals surface area contributed by atoms with Crippen LogP contribution in [0.4, 0.5) is 0 Å².